The van der Waals surface area contributed by atoms with Crippen LogP contribution in [0.15, 0.2) is 48.8 Å². The Kier molecular flexibility index (Phi) is 6.53. The van der Waals surface area contributed by atoms with Crippen LogP contribution in [0.1, 0.15) is 66.8 Å². The molecule has 0 spiro atoms. The highest BCUT2D eigenvalue weighted by Crippen LogP contribution is 2.50. The Morgan fingerprint density at radius 3 is 2.55 bits per heavy atom. The first-order chi connectivity index (χ1) is 19.1. The molecule has 0 aliphatic carbocycles. The lowest BCUT2D eigenvalue weighted by Crippen LogP contribution is -2.34. The summed E-state index contributed by atoms with van der Waals surface area (Å²) in [6, 6.07) is 9.63. The number of alkyl halides is 2. The third-order valence-electron chi connectivity index (χ3n) is 7.43. The number of ether oxygens (including phenoxy) is 1. The zero-order valence-corrected chi connectivity index (χ0v) is 22.7. The molecule has 4 aromatic rings. The lowest BCUT2D eigenvalue weighted by atomic mass is 9.97. The van der Waals surface area contributed by atoms with Gasteiger partial charge in [-0.25, -0.2) is 15.0 Å². The lowest BCUT2D eigenvalue weighted by Gasteiger charge is -2.27. The fraction of sp³-hybridized carbons (Fsp3) is 0.333. The monoisotopic (exact) mass is 569 g/mol. The zero-order chi connectivity index (χ0) is 28.3. The van der Waals surface area contributed by atoms with Gasteiger partial charge >= 0.3 is 15.2 Å². The van der Waals surface area contributed by atoms with E-state index in [2.05, 4.69) is 9.97 Å². The molecule has 2 aliphatic rings. The number of hydrogen-bond donors (Lipinski definition) is 2. The van der Waals surface area contributed by atoms with Crippen LogP contribution in [0.3, 0.4) is 0 Å². The summed E-state index contributed by atoms with van der Waals surface area (Å²) < 4.78 is 38.9. The Morgan fingerprint density at radius 2 is 1.88 bits per heavy atom. The van der Waals surface area contributed by atoms with Crippen molar-refractivity contribution in [2.45, 2.75) is 51.5 Å². The SMILES string of the molecule is CCN1C(=O)c2cccc(OC(F)F)c2[C@H]2C[C@@H]1c1nc3ccc(-c4cnc(C(C)(C)OP(O)O)nc4)cc3n12. The number of rotatable bonds is 7. The maximum absolute atomic E-state index is 13.5. The number of amides is 1. The molecule has 2 aromatic heterocycles. The summed E-state index contributed by atoms with van der Waals surface area (Å²) in [6.45, 7) is 2.57. The number of fused-ring (bicyclic) bond motifs is 9. The van der Waals surface area contributed by atoms with Crippen molar-refractivity contribution in [3.63, 3.8) is 0 Å². The van der Waals surface area contributed by atoms with Crippen molar-refractivity contribution in [1.29, 1.82) is 0 Å². The van der Waals surface area contributed by atoms with E-state index < -0.39 is 26.9 Å². The van der Waals surface area contributed by atoms with Gasteiger partial charge in [0.15, 0.2) is 5.82 Å². The van der Waals surface area contributed by atoms with Gasteiger partial charge < -0.3 is 24.0 Å². The van der Waals surface area contributed by atoms with E-state index in [1.54, 1.807) is 43.3 Å². The molecule has 4 heterocycles. The van der Waals surface area contributed by atoms with E-state index >= 15 is 0 Å². The first-order valence-corrected chi connectivity index (χ1v) is 13.9. The predicted octanol–water partition coefficient (Wildman–Crippen LogP) is 5.07. The molecular formula is C27H26F2N5O5P. The van der Waals surface area contributed by atoms with Crippen molar-refractivity contribution in [3.05, 3.63) is 71.6 Å². The smallest absolute Gasteiger partial charge is 0.387 e. The van der Waals surface area contributed by atoms with Gasteiger partial charge in [-0.3, -0.25) is 9.32 Å². The zero-order valence-electron chi connectivity index (χ0n) is 21.8. The average Bonchev–Trinajstić information content (AvgIpc) is 3.41. The summed E-state index contributed by atoms with van der Waals surface area (Å²) in [4.78, 5) is 47.4. The normalized spacial score (nSPS) is 18.4. The Labute approximate surface area is 229 Å². The largest absolute Gasteiger partial charge is 0.434 e. The van der Waals surface area contributed by atoms with Crippen LogP contribution in [-0.2, 0) is 10.1 Å². The predicted molar refractivity (Wildman–Crippen MR) is 142 cm³/mol. The van der Waals surface area contributed by atoms with Crippen molar-refractivity contribution in [1.82, 2.24) is 24.4 Å². The number of carbonyl (C=O) groups is 1. The van der Waals surface area contributed by atoms with Gasteiger partial charge in [0.1, 0.15) is 17.2 Å². The van der Waals surface area contributed by atoms with Crippen molar-refractivity contribution in [3.8, 4) is 16.9 Å². The standard InChI is InChI=1S/C27H26F2N5O5P/c1-4-33-20-11-19(22-16(24(33)35)6-5-7-21(22)38-26(28)29)34-18-10-14(8-9-17(18)32-23(20)34)15-12-30-25(31-13-15)27(2,3)39-40(36)37/h5-10,12-13,19-20,26,36-37H,4,11H2,1-3H3/t19-,20-/m1/s1. The van der Waals surface area contributed by atoms with E-state index in [0.717, 1.165) is 11.1 Å². The first-order valence-electron chi connectivity index (χ1n) is 12.7. The lowest BCUT2D eigenvalue weighted by molar-refractivity contribution is -0.0507. The van der Waals surface area contributed by atoms with Crippen LogP contribution >= 0.6 is 8.60 Å². The molecule has 0 radical (unpaired) electrons. The minimum Gasteiger partial charge on any atom is -0.434 e. The molecule has 2 N–H and O–H groups in total. The molecule has 10 nitrogen and oxygen atoms in total. The van der Waals surface area contributed by atoms with E-state index in [1.807, 2.05) is 29.7 Å². The van der Waals surface area contributed by atoms with Crippen molar-refractivity contribution in [2.75, 3.05) is 6.54 Å². The van der Waals surface area contributed by atoms with Gasteiger partial charge in [-0.1, -0.05) is 12.1 Å². The number of hydrogen-bond acceptors (Lipinski definition) is 8. The minimum atomic E-state index is -3.03. The van der Waals surface area contributed by atoms with E-state index in [1.165, 1.54) is 6.07 Å². The van der Waals surface area contributed by atoms with E-state index in [-0.39, 0.29) is 23.5 Å². The summed E-state index contributed by atoms with van der Waals surface area (Å²) in [5.41, 5.74) is 2.67. The van der Waals surface area contributed by atoms with E-state index in [0.29, 0.717) is 41.0 Å². The maximum Gasteiger partial charge on any atom is 0.387 e. The van der Waals surface area contributed by atoms with Crippen molar-refractivity contribution < 1.29 is 32.6 Å². The van der Waals surface area contributed by atoms with Gasteiger partial charge in [0.05, 0.1) is 23.1 Å². The fourth-order valence-electron chi connectivity index (χ4n) is 5.76. The molecule has 208 valence electrons. The molecule has 13 heteroatoms. The summed E-state index contributed by atoms with van der Waals surface area (Å²) in [7, 11) is -2.59. The molecule has 0 unspecified atom stereocenters. The van der Waals surface area contributed by atoms with Crippen molar-refractivity contribution in [2.24, 2.45) is 0 Å². The molecular weight excluding hydrogens is 543 g/mol. The number of halogens is 2. The Morgan fingerprint density at radius 1 is 1.12 bits per heavy atom. The minimum absolute atomic E-state index is 0.0170. The van der Waals surface area contributed by atoms with Gasteiger partial charge in [-0.05, 0) is 50.6 Å². The average molecular weight is 570 g/mol. The third kappa shape index (κ3) is 4.32. The van der Waals surface area contributed by atoms with Crippen LogP contribution in [0.5, 0.6) is 5.75 Å². The molecule has 2 aliphatic heterocycles. The van der Waals surface area contributed by atoms with Gasteiger partial charge in [0.25, 0.3) is 5.91 Å². The molecule has 40 heavy (non-hydrogen) atoms. The highest BCUT2D eigenvalue weighted by atomic mass is 31.2. The number of benzene rings is 2. The van der Waals surface area contributed by atoms with Gasteiger partial charge in [0.2, 0.25) is 0 Å². The highest BCUT2D eigenvalue weighted by Gasteiger charge is 2.45. The molecule has 0 saturated heterocycles. The van der Waals surface area contributed by atoms with Gasteiger partial charge in [-0.2, -0.15) is 8.78 Å². The fourth-order valence-corrected chi connectivity index (χ4v) is 6.25. The first kappa shape index (κ1) is 26.6. The second kappa shape index (κ2) is 9.81. The van der Waals surface area contributed by atoms with Crippen LogP contribution in [0.25, 0.3) is 22.2 Å². The Balaban J connectivity index is 1.47. The maximum atomic E-state index is 13.5. The van der Waals surface area contributed by atoms with Crippen LogP contribution in [0, 0.1) is 0 Å². The topological polar surface area (TPSA) is 123 Å². The second-order valence-corrected chi connectivity index (χ2v) is 10.8. The van der Waals surface area contributed by atoms with Crippen molar-refractivity contribution >= 4 is 25.5 Å². The number of imidazole rings is 1. The van der Waals surface area contributed by atoms with Crippen LogP contribution < -0.4 is 4.74 Å². The summed E-state index contributed by atoms with van der Waals surface area (Å²) in [5.74, 6) is 0.732. The Hall–Kier alpha value is -3.57. The quantitative estimate of drug-likeness (QED) is 0.296. The van der Waals surface area contributed by atoms with Crippen LogP contribution in [-0.4, -0.2) is 53.3 Å². The number of carbonyl (C=O) groups excluding carboxylic acids is 1. The number of nitrogens with zero attached hydrogens (tertiary/aromatic N) is 5. The van der Waals surface area contributed by atoms with Crippen LogP contribution in [0.2, 0.25) is 0 Å². The summed E-state index contributed by atoms with van der Waals surface area (Å²) >= 11 is 0. The van der Waals surface area contributed by atoms with E-state index in [4.69, 9.17) is 14.2 Å². The molecule has 1 amide bonds. The molecule has 2 atom stereocenters. The molecule has 0 fully saturated rings. The van der Waals surface area contributed by atoms with E-state index in [9.17, 15) is 23.4 Å². The molecule has 2 bridgehead atoms. The highest BCUT2D eigenvalue weighted by molar-refractivity contribution is 7.39. The Bertz CT molecular complexity index is 1610. The molecule has 2 aromatic carbocycles. The van der Waals surface area contributed by atoms with Gasteiger partial charge in [0, 0.05) is 42.0 Å². The summed E-state index contributed by atoms with van der Waals surface area (Å²) in [6.07, 6.45) is 3.74. The molecule has 0 saturated carbocycles. The summed E-state index contributed by atoms with van der Waals surface area (Å²) in [5, 5.41) is 0. The second-order valence-electron chi connectivity index (χ2n) is 10.1. The molecule has 6 rings (SSSR count). The van der Waals surface area contributed by atoms with Gasteiger partial charge in [-0.15, -0.1) is 0 Å². The van der Waals surface area contributed by atoms with Crippen LogP contribution in [0.4, 0.5) is 8.78 Å². The third-order valence-corrected chi connectivity index (χ3v) is 8.05. The number of aromatic nitrogens is 4.